The van der Waals surface area contributed by atoms with Crippen LogP contribution < -0.4 is 10.1 Å². The number of carboxylic acid groups (broad SMARTS) is 1. The van der Waals surface area contributed by atoms with Gasteiger partial charge in [0.15, 0.2) is 5.82 Å². The Hall–Kier alpha value is -4.13. The molecule has 7 heteroatoms. The number of nitrogens with one attached hydrogen (secondary N) is 2. The van der Waals surface area contributed by atoms with Crippen molar-refractivity contribution in [2.75, 3.05) is 5.32 Å². The smallest absolute Gasteiger partial charge is 0.418 e. The zero-order valence-electron chi connectivity index (χ0n) is 18.7. The fraction of sp³-hybridized carbons (Fsp3) is 0.192. The molecule has 0 saturated carbocycles. The van der Waals surface area contributed by atoms with Crippen molar-refractivity contribution in [1.82, 2.24) is 10.2 Å². The molecular formula is C26H25N3O4. The molecule has 0 aliphatic carbocycles. The van der Waals surface area contributed by atoms with E-state index in [4.69, 9.17) is 4.74 Å². The molecule has 3 N–H and O–H groups in total. The lowest BCUT2D eigenvalue weighted by molar-refractivity contribution is -0.136. The number of carbonyl (C=O) groups is 2. The minimum absolute atomic E-state index is 0.148. The summed E-state index contributed by atoms with van der Waals surface area (Å²) in [5, 5.41) is 21.3. The first-order chi connectivity index (χ1) is 15.7. The Morgan fingerprint density at radius 2 is 1.70 bits per heavy atom. The van der Waals surface area contributed by atoms with E-state index in [0.717, 1.165) is 16.5 Å². The maximum atomic E-state index is 12.8. The van der Waals surface area contributed by atoms with Crippen LogP contribution in [0, 0.1) is 0 Å². The van der Waals surface area contributed by atoms with E-state index in [0.29, 0.717) is 22.4 Å². The summed E-state index contributed by atoms with van der Waals surface area (Å²) in [6, 6.07) is 20.4. The van der Waals surface area contributed by atoms with E-state index >= 15 is 0 Å². The molecule has 7 nitrogen and oxygen atoms in total. The molecule has 0 aliphatic rings. The van der Waals surface area contributed by atoms with Gasteiger partial charge in [0.2, 0.25) is 0 Å². The monoisotopic (exact) mass is 443 g/mol. The van der Waals surface area contributed by atoms with Crippen molar-refractivity contribution < 1.29 is 19.4 Å². The van der Waals surface area contributed by atoms with E-state index in [1.54, 1.807) is 18.2 Å². The minimum Gasteiger partial charge on any atom is -0.481 e. The number of hydrogen-bond acceptors (Lipinski definition) is 4. The van der Waals surface area contributed by atoms with Crippen molar-refractivity contribution in [1.29, 1.82) is 0 Å². The number of H-pyrrole nitrogens is 1. The molecule has 168 valence electrons. The highest BCUT2D eigenvalue weighted by molar-refractivity contribution is 5.95. The lowest BCUT2D eigenvalue weighted by Crippen LogP contribution is -2.18. The van der Waals surface area contributed by atoms with Crippen LogP contribution in [0.25, 0.3) is 21.9 Å². The Morgan fingerprint density at radius 3 is 2.45 bits per heavy atom. The quantitative estimate of drug-likeness (QED) is 0.363. The van der Waals surface area contributed by atoms with Gasteiger partial charge in [0.25, 0.3) is 0 Å². The number of benzene rings is 3. The predicted octanol–water partition coefficient (Wildman–Crippen LogP) is 5.77. The molecule has 1 aromatic heterocycles. The highest BCUT2D eigenvalue weighted by atomic mass is 16.6. The van der Waals surface area contributed by atoms with Gasteiger partial charge in [0, 0.05) is 16.4 Å². The van der Waals surface area contributed by atoms with Gasteiger partial charge < -0.3 is 9.84 Å². The van der Waals surface area contributed by atoms with Crippen molar-refractivity contribution in [2.45, 2.75) is 32.6 Å². The van der Waals surface area contributed by atoms with Crippen LogP contribution >= 0.6 is 0 Å². The number of fused-ring (bicyclic) bond motifs is 1. The third kappa shape index (κ3) is 4.72. The minimum atomic E-state index is -0.937. The molecule has 3 aromatic carbocycles. The first-order valence-electron chi connectivity index (χ1n) is 10.6. The lowest BCUT2D eigenvalue weighted by Gasteiger charge is -2.20. The van der Waals surface area contributed by atoms with Crippen molar-refractivity contribution in [3.63, 3.8) is 0 Å². The van der Waals surface area contributed by atoms with Crippen LogP contribution in [0.4, 0.5) is 10.6 Å². The van der Waals surface area contributed by atoms with E-state index in [-0.39, 0.29) is 17.7 Å². The van der Waals surface area contributed by atoms with Crippen LogP contribution in [0.15, 0.2) is 66.7 Å². The number of carboxylic acids is 1. The van der Waals surface area contributed by atoms with Crippen LogP contribution in [0.2, 0.25) is 0 Å². The molecular weight excluding hydrogens is 418 g/mol. The number of carbonyl (C=O) groups excluding carboxylic acids is 1. The summed E-state index contributed by atoms with van der Waals surface area (Å²) in [4.78, 5) is 24.3. The second kappa shape index (κ2) is 8.78. The summed E-state index contributed by atoms with van der Waals surface area (Å²) in [6.45, 7) is 6.05. The Morgan fingerprint density at radius 1 is 1.00 bits per heavy atom. The van der Waals surface area contributed by atoms with Crippen molar-refractivity contribution >= 4 is 28.7 Å². The molecule has 0 fully saturated rings. The number of anilines is 1. The average Bonchev–Trinajstić information content (AvgIpc) is 3.18. The summed E-state index contributed by atoms with van der Waals surface area (Å²) in [6.07, 6.45) is -0.833. The van der Waals surface area contributed by atoms with Crippen LogP contribution in [0.1, 0.15) is 32.0 Å². The molecule has 1 amide bonds. The van der Waals surface area contributed by atoms with E-state index in [1.807, 2.05) is 69.3 Å². The van der Waals surface area contributed by atoms with Gasteiger partial charge in [-0.05, 0) is 22.6 Å². The zero-order valence-corrected chi connectivity index (χ0v) is 18.7. The summed E-state index contributed by atoms with van der Waals surface area (Å²) < 4.78 is 5.61. The maximum absolute atomic E-state index is 12.8. The van der Waals surface area contributed by atoms with E-state index in [2.05, 4.69) is 15.5 Å². The SMILES string of the molecule is CC(C)(C)c1[nH]nc(NC(=O)Oc2cccc3ccccc23)c1-c1ccccc1CC(=O)O. The molecule has 4 aromatic rings. The van der Waals surface area contributed by atoms with Gasteiger partial charge in [-0.15, -0.1) is 0 Å². The normalized spacial score (nSPS) is 11.4. The van der Waals surface area contributed by atoms with E-state index in [1.165, 1.54) is 0 Å². The number of aliphatic carboxylic acids is 1. The van der Waals surface area contributed by atoms with E-state index in [9.17, 15) is 14.7 Å². The van der Waals surface area contributed by atoms with Gasteiger partial charge in [0.1, 0.15) is 5.75 Å². The van der Waals surface area contributed by atoms with Crippen LogP contribution in [-0.4, -0.2) is 27.4 Å². The Kier molecular flexibility index (Phi) is 5.87. The number of rotatable bonds is 5. The summed E-state index contributed by atoms with van der Waals surface area (Å²) in [5.74, 6) is -0.221. The third-order valence-corrected chi connectivity index (χ3v) is 5.32. The van der Waals surface area contributed by atoms with Gasteiger partial charge >= 0.3 is 12.1 Å². The lowest BCUT2D eigenvalue weighted by atomic mass is 9.85. The number of amides is 1. The zero-order chi connectivity index (χ0) is 23.6. The van der Waals surface area contributed by atoms with Gasteiger partial charge in [0.05, 0.1) is 12.1 Å². The summed E-state index contributed by atoms with van der Waals surface area (Å²) in [5.41, 5.74) is 2.41. The maximum Gasteiger partial charge on any atom is 0.418 e. The summed E-state index contributed by atoms with van der Waals surface area (Å²) in [7, 11) is 0. The van der Waals surface area contributed by atoms with Gasteiger partial charge in [-0.2, -0.15) is 5.10 Å². The van der Waals surface area contributed by atoms with E-state index < -0.39 is 12.1 Å². The molecule has 1 heterocycles. The molecule has 0 aliphatic heterocycles. The number of hydrogen-bond donors (Lipinski definition) is 3. The fourth-order valence-electron chi connectivity index (χ4n) is 3.83. The average molecular weight is 444 g/mol. The standard InChI is InChI=1S/C26H25N3O4/c1-26(2,3)23-22(19-13-7-5-10-17(19)15-21(30)31)24(29-28-23)27-25(32)33-20-14-8-11-16-9-4-6-12-18(16)20/h4-14H,15H2,1-3H3,(H,30,31)(H2,27,28,29,32). The van der Waals surface area contributed by atoms with Crippen molar-refractivity contribution in [2.24, 2.45) is 0 Å². The van der Waals surface area contributed by atoms with Crippen molar-refractivity contribution in [3.05, 3.63) is 78.0 Å². The van der Waals surface area contributed by atoms with Gasteiger partial charge in [-0.25, -0.2) is 4.79 Å². The number of aromatic amines is 1. The fourth-order valence-corrected chi connectivity index (χ4v) is 3.83. The second-order valence-electron chi connectivity index (χ2n) is 8.79. The molecule has 0 atom stereocenters. The Balaban J connectivity index is 1.71. The third-order valence-electron chi connectivity index (χ3n) is 5.32. The molecule has 0 bridgehead atoms. The topological polar surface area (TPSA) is 104 Å². The van der Waals surface area contributed by atoms with Crippen LogP contribution in [-0.2, 0) is 16.6 Å². The largest absolute Gasteiger partial charge is 0.481 e. The second-order valence-corrected chi connectivity index (χ2v) is 8.79. The van der Waals surface area contributed by atoms with Gasteiger partial charge in [-0.1, -0.05) is 81.4 Å². The molecule has 0 saturated heterocycles. The number of ether oxygens (including phenoxy) is 1. The molecule has 0 spiro atoms. The Bertz CT molecular complexity index is 1330. The highest BCUT2D eigenvalue weighted by Crippen LogP contribution is 2.38. The molecule has 0 unspecified atom stereocenters. The molecule has 4 rings (SSSR count). The summed E-state index contributed by atoms with van der Waals surface area (Å²) >= 11 is 0. The number of aromatic nitrogens is 2. The van der Waals surface area contributed by atoms with Crippen molar-refractivity contribution in [3.8, 4) is 16.9 Å². The number of nitrogens with zero attached hydrogens (tertiary/aromatic N) is 1. The van der Waals surface area contributed by atoms with Gasteiger partial charge in [-0.3, -0.25) is 15.2 Å². The molecule has 0 radical (unpaired) electrons. The highest BCUT2D eigenvalue weighted by Gasteiger charge is 2.27. The predicted molar refractivity (Wildman–Crippen MR) is 128 cm³/mol. The first-order valence-corrected chi connectivity index (χ1v) is 10.6. The van der Waals surface area contributed by atoms with Crippen LogP contribution in [0.3, 0.4) is 0 Å². The Labute approximate surface area is 191 Å². The molecule has 33 heavy (non-hydrogen) atoms. The van der Waals surface area contributed by atoms with Crippen LogP contribution in [0.5, 0.6) is 5.75 Å². The first kappa shape index (κ1) is 22.1.